The SMILES string of the molecule is CC(C)(CCCO)CNCc1cncn1C1CC1. The van der Waals surface area contributed by atoms with Crippen LogP contribution in [0.2, 0.25) is 0 Å². The molecule has 0 spiro atoms. The van der Waals surface area contributed by atoms with Gasteiger partial charge in [0.25, 0.3) is 0 Å². The maximum Gasteiger partial charge on any atom is 0.0951 e. The molecule has 0 aromatic carbocycles. The Balaban J connectivity index is 1.75. The standard InChI is InChI=1S/C14H25N3O/c1-14(2,6-3-7-18)10-15-8-13-9-16-11-17(13)12-4-5-12/h9,11-12,15,18H,3-8,10H2,1-2H3. The molecule has 102 valence electrons. The third-order valence-corrected chi connectivity index (χ3v) is 3.61. The lowest BCUT2D eigenvalue weighted by molar-refractivity contribution is 0.236. The minimum atomic E-state index is 0.243. The average molecular weight is 251 g/mol. The topological polar surface area (TPSA) is 50.1 Å². The normalized spacial score (nSPS) is 16.2. The van der Waals surface area contributed by atoms with E-state index in [9.17, 15) is 0 Å². The van der Waals surface area contributed by atoms with Crippen molar-refractivity contribution in [2.75, 3.05) is 13.2 Å². The Morgan fingerprint density at radius 3 is 2.94 bits per heavy atom. The molecule has 1 saturated carbocycles. The summed E-state index contributed by atoms with van der Waals surface area (Å²) in [6, 6.07) is 0.701. The summed E-state index contributed by atoms with van der Waals surface area (Å²) < 4.78 is 2.30. The van der Waals surface area contributed by atoms with E-state index in [1.54, 1.807) is 0 Å². The highest BCUT2D eigenvalue weighted by Crippen LogP contribution is 2.35. The lowest BCUT2D eigenvalue weighted by Crippen LogP contribution is -2.29. The minimum Gasteiger partial charge on any atom is -0.396 e. The Morgan fingerprint density at radius 2 is 2.28 bits per heavy atom. The smallest absolute Gasteiger partial charge is 0.0951 e. The zero-order chi connectivity index (χ0) is 13.0. The van der Waals surface area contributed by atoms with Crippen LogP contribution in [-0.2, 0) is 6.54 Å². The highest BCUT2D eigenvalue weighted by molar-refractivity contribution is 5.03. The summed E-state index contributed by atoms with van der Waals surface area (Å²) >= 11 is 0. The van der Waals surface area contributed by atoms with Crippen molar-refractivity contribution in [3.63, 3.8) is 0 Å². The molecule has 0 saturated heterocycles. The second-order valence-corrected chi connectivity index (χ2v) is 6.12. The van der Waals surface area contributed by atoms with Crippen molar-refractivity contribution in [2.24, 2.45) is 5.41 Å². The van der Waals surface area contributed by atoms with E-state index in [1.807, 2.05) is 12.5 Å². The number of aromatic nitrogens is 2. The first-order chi connectivity index (χ1) is 8.62. The number of rotatable bonds is 8. The third kappa shape index (κ3) is 3.82. The van der Waals surface area contributed by atoms with Crippen LogP contribution in [0.3, 0.4) is 0 Å². The van der Waals surface area contributed by atoms with Crippen molar-refractivity contribution < 1.29 is 5.11 Å². The number of imidazole rings is 1. The van der Waals surface area contributed by atoms with Gasteiger partial charge < -0.3 is 15.0 Å². The Hall–Kier alpha value is -0.870. The fraction of sp³-hybridized carbons (Fsp3) is 0.786. The summed E-state index contributed by atoms with van der Waals surface area (Å²) in [5.74, 6) is 0. The molecular formula is C14H25N3O. The largest absolute Gasteiger partial charge is 0.396 e. The lowest BCUT2D eigenvalue weighted by atomic mass is 9.88. The first-order valence-electron chi connectivity index (χ1n) is 6.95. The van der Waals surface area contributed by atoms with Crippen molar-refractivity contribution in [3.8, 4) is 0 Å². The predicted molar refractivity (Wildman–Crippen MR) is 72.3 cm³/mol. The second-order valence-electron chi connectivity index (χ2n) is 6.12. The van der Waals surface area contributed by atoms with Crippen LogP contribution in [-0.4, -0.2) is 27.8 Å². The van der Waals surface area contributed by atoms with Gasteiger partial charge in [-0.15, -0.1) is 0 Å². The lowest BCUT2D eigenvalue weighted by Gasteiger charge is -2.24. The van der Waals surface area contributed by atoms with E-state index < -0.39 is 0 Å². The first kappa shape index (κ1) is 13.6. The van der Waals surface area contributed by atoms with Gasteiger partial charge in [0.15, 0.2) is 0 Å². The van der Waals surface area contributed by atoms with Crippen molar-refractivity contribution in [1.29, 1.82) is 0 Å². The minimum absolute atomic E-state index is 0.243. The molecular weight excluding hydrogens is 226 g/mol. The summed E-state index contributed by atoms with van der Waals surface area (Å²) in [6.07, 6.45) is 8.45. The van der Waals surface area contributed by atoms with Gasteiger partial charge in [-0.2, -0.15) is 0 Å². The fourth-order valence-corrected chi connectivity index (χ4v) is 2.33. The molecule has 0 unspecified atom stereocenters. The molecule has 1 aliphatic carbocycles. The molecule has 2 N–H and O–H groups in total. The number of nitrogens with zero attached hydrogens (tertiary/aromatic N) is 2. The van der Waals surface area contributed by atoms with Crippen molar-refractivity contribution >= 4 is 0 Å². The molecule has 1 fully saturated rings. The van der Waals surface area contributed by atoms with E-state index >= 15 is 0 Å². The van der Waals surface area contributed by atoms with E-state index in [0.717, 1.165) is 25.9 Å². The molecule has 0 radical (unpaired) electrons. The van der Waals surface area contributed by atoms with Crippen LogP contribution in [0.25, 0.3) is 0 Å². The Kier molecular flexibility index (Phi) is 4.40. The van der Waals surface area contributed by atoms with Gasteiger partial charge in [0.2, 0.25) is 0 Å². The van der Waals surface area contributed by atoms with Crippen molar-refractivity contribution in [3.05, 3.63) is 18.2 Å². The molecule has 0 atom stereocenters. The van der Waals surface area contributed by atoms with Crippen LogP contribution in [0.5, 0.6) is 0 Å². The molecule has 1 aromatic rings. The molecule has 1 heterocycles. The second kappa shape index (κ2) is 5.85. The molecule has 0 bridgehead atoms. The van der Waals surface area contributed by atoms with Gasteiger partial charge in [0.05, 0.1) is 12.0 Å². The number of aliphatic hydroxyl groups excluding tert-OH is 1. The van der Waals surface area contributed by atoms with Crippen LogP contribution < -0.4 is 5.32 Å². The van der Waals surface area contributed by atoms with Crippen LogP contribution in [0.4, 0.5) is 0 Å². The maximum atomic E-state index is 8.88. The van der Waals surface area contributed by atoms with E-state index in [0.29, 0.717) is 6.04 Å². The molecule has 1 aliphatic rings. The molecule has 1 aromatic heterocycles. The molecule has 0 amide bonds. The van der Waals surface area contributed by atoms with Crippen LogP contribution >= 0.6 is 0 Å². The van der Waals surface area contributed by atoms with E-state index in [-0.39, 0.29) is 12.0 Å². The van der Waals surface area contributed by atoms with Crippen LogP contribution in [0.1, 0.15) is 51.3 Å². The Bertz CT molecular complexity index is 369. The summed E-state index contributed by atoms with van der Waals surface area (Å²) in [5, 5.41) is 12.4. The predicted octanol–water partition coefficient (Wildman–Crippen LogP) is 2.11. The van der Waals surface area contributed by atoms with Crippen LogP contribution in [0.15, 0.2) is 12.5 Å². The van der Waals surface area contributed by atoms with Gasteiger partial charge in [-0.1, -0.05) is 13.8 Å². The highest BCUT2D eigenvalue weighted by atomic mass is 16.2. The van der Waals surface area contributed by atoms with E-state index in [1.165, 1.54) is 18.5 Å². The Morgan fingerprint density at radius 1 is 1.50 bits per heavy atom. The number of hydrogen-bond donors (Lipinski definition) is 2. The van der Waals surface area contributed by atoms with Gasteiger partial charge >= 0.3 is 0 Å². The van der Waals surface area contributed by atoms with Gasteiger partial charge in [-0.25, -0.2) is 4.98 Å². The summed E-state index contributed by atoms with van der Waals surface area (Å²) in [7, 11) is 0. The van der Waals surface area contributed by atoms with Crippen molar-refractivity contribution in [2.45, 2.75) is 52.1 Å². The molecule has 4 heteroatoms. The number of nitrogens with one attached hydrogen (secondary N) is 1. The summed E-state index contributed by atoms with van der Waals surface area (Å²) in [4.78, 5) is 4.24. The maximum absolute atomic E-state index is 8.88. The van der Waals surface area contributed by atoms with Gasteiger partial charge in [0.1, 0.15) is 0 Å². The quantitative estimate of drug-likeness (QED) is 0.744. The molecule has 0 aliphatic heterocycles. The number of hydrogen-bond acceptors (Lipinski definition) is 3. The van der Waals surface area contributed by atoms with Gasteiger partial charge in [-0.05, 0) is 31.1 Å². The van der Waals surface area contributed by atoms with Gasteiger partial charge in [0, 0.05) is 31.9 Å². The zero-order valence-electron chi connectivity index (χ0n) is 11.5. The Labute approximate surface area is 109 Å². The van der Waals surface area contributed by atoms with Crippen molar-refractivity contribution in [1.82, 2.24) is 14.9 Å². The first-order valence-corrected chi connectivity index (χ1v) is 6.95. The van der Waals surface area contributed by atoms with E-state index in [2.05, 4.69) is 28.7 Å². The monoisotopic (exact) mass is 251 g/mol. The third-order valence-electron chi connectivity index (χ3n) is 3.61. The fourth-order valence-electron chi connectivity index (χ4n) is 2.33. The van der Waals surface area contributed by atoms with Crippen LogP contribution in [0, 0.1) is 5.41 Å². The summed E-state index contributed by atoms with van der Waals surface area (Å²) in [5.41, 5.74) is 1.53. The highest BCUT2D eigenvalue weighted by Gasteiger charge is 2.25. The molecule has 4 nitrogen and oxygen atoms in total. The van der Waals surface area contributed by atoms with E-state index in [4.69, 9.17) is 5.11 Å². The average Bonchev–Trinajstić information content (AvgIpc) is 3.07. The van der Waals surface area contributed by atoms with Gasteiger partial charge in [-0.3, -0.25) is 0 Å². The number of aliphatic hydroxyl groups is 1. The molecule has 2 rings (SSSR count). The molecule has 18 heavy (non-hydrogen) atoms. The zero-order valence-corrected chi connectivity index (χ0v) is 11.5. The summed E-state index contributed by atoms with van der Waals surface area (Å²) in [6.45, 7) is 6.64.